The normalized spacial score (nSPS) is 10.2. The van der Waals surface area contributed by atoms with Crippen molar-refractivity contribution in [3.8, 4) is 11.5 Å². The Balaban J connectivity index is 1.58. The standard InChI is InChI=1S/C19H24N2O4S/c1-21(11-12-25-17-7-5-16(24-2)6-8-17)18(22)4-3-10-20-19(23)15-9-13-26-14-15/h5-9,13-14H,3-4,10-12H2,1-2H3,(H,20,23). The van der Waals surface area contributed by atoms with Crippen molar-refractivity contribution in [3.63, 3.8) is 0 Å². The minimum atomic E-state index is -0.0973. The van der Waals surface area contributed by atoms with Crippen LogP contribution >= 0.6 is 11.3 Å². The summed E-state index contributed by atoms with van der Waals surface area (Å²) in [4.78, 5) is 25.5. The van der Waals surface area contributed by atoms with E-state index in [2.05, 4.69) is 5.32 Å². The van der Waals surface area contributed by atoms with Crippen LogP contribution in [0.3, 0.4) is 0 Å². The monoisotopic (exact) mass is 376 g/mol. The first-order valence-electron chi connectivity index (χ1n) is 8.41. The smallest absolute Gasteiger partial charge is 0.252 e. The van der Waals surface area contributed by atoms with Crippen molar-refractivity contribution in [2.75, 3.05) is 33.9 Å². The number of thiophene rings is 1. The molecular weight excluding hydrogens is 352 g/mol. The molecular formula is C19H24N2O4S. The first-order chi connectivity index (χ1) is 12.6. The van der Waals surface area contributed by atoms with Crippen LogP contribution in [-0.2, 0) is 4.79 Å². The van der Waals surface area contributed by atoms with Crippen molar-refractivity contribution >= 4 is 23.2 Å². The molecule has 140 valence electrons. The molecule has 1 aromatic carbocycles. The van der Waals surface area contributed by atoms with Crippen LogP contribution in [-0.4, -0.2) is 50.6 Å². The fraction of sp³-hybridized carbons (Fsp3) is 0.368. The molecule has 0 aliphatic carbocycles. The molecule has 0 unspecified atom stereocenters. The number of carbonyl (C=O) groups is 2. The molecule has 1 aromatic heterocycles. The third-order valence-corrected chi connectivity index (χ3v) is 4.50. The van der Waals surface area contributed by atoms with Gasteiger partial charge in [-0.1, -0.05) is 0 Å². The van der Waals surface area contributed by atoms with Gasteiger partial charge in [0.25, 0.3) is 5.91 Å². The van der Waals surface area contributed by atoms with Gasteiger partial charge in [-0.05, 0) is 42.1 Å². The maximum atomic E-state index is 12.1. The number of amides is 2. The van der Waals surface area contributed by atoms with Gasteiger partial charge in [-0.15, -0.1) is 0 Å². The first kappa shape index (κ1) is 19.8. The predicted octanol–water partition coefficient (Wildman–Crippen LogP) is 2.80. The van der Waals surface area contributed by atoms with E-state index in [1.165, 1.54) is 11.3 Å². The molecule has 2 rings (SSSR count). The second-order valence-electron chi connectivity index (χ2n) is 5.71. The highest BCUT2D eigenvalue weighted by atomic mass is 32.1. The van der Waals surface area contributed by atoms with E-state index < -0.39 is 0 Å². The van der Waals surface area contributed by atoms with Gasteiger partial charge in [0.1, 0.15) is 18.1 Å². The minimum Gasteiger partial charge on any atom is -0.497 e. The number of ether oxygens (including phenoxy) is 2. The van der Waals surface area contributed by atoms with Crippen LogP contribution in [0.5, 0.6) is 11.5 Å². The van der Waals surface area contributed by atoms with E-state index in [0.717, 1.165) is 11.5 Å². The quantitative estimate of drug-likeness (QED) is 0.648. The third kappa shape index (κ3) is 6.40. The molecule has 7 heteroatoms. The second-order valence-corrected chi connectivity index (χ2v) is 6.49. The van der Waals surface area contributed by atoms with Gasteiger partial charge in [0.15, 0.2) is 0 Å². The SMILES string of the molecule is COc1ccc(OCCN(C)C(=O)CCCNC(=O)c2ccsc2)cc1. The number of benzene rings is 1. The van der Waals surface area contributed by atoms with Crippen LogP contribution in [0, 0.1) is 0 Å². The molecule has 2 aromatic rings. The number of hydrogen-bond acceptors (Lipinski definition) is 5. The fourth-order valence-corrected chi connectivity index (χ4v) is 2.86. The zero-order chi connectivity index (χ0) is 18.8. The largest absolute Gasteiger partial charge is 0.497 e. The lowest BCUT2D eigenvalue weighted by Crippen LogP contribution is -2.31. The number of methoxy groups -OCH3 is 1. The van der Waals surface area contributed by atoms with Crippen LogP contribution in [0.4, 0.5) is 0 Å². The van der Waals surface area contributed by atoms with Crippen molar-refractivity contribution in [3.05, 3.63) is 46.7 Å². The number of nitrogens with one attached hydrogen (secondary N) is 1. The maximum Gasteiger partial charge on any atom is 0.252 e. The van der Waals surface area contributed by atoms with E-state index in [0.29, 0.717) is 38.1 Å². The number of hydrogen-bond donors (Lipinski definition) is 1. The van der Waals surface area contributed by atoms with E-state index in [9.17, 15) is 9.59 Å². The number of carbonyl (C=O) groups excluding carboxylic acids is 2. The average molecular weight is 376 g/mol. The molecule has 0 saturated carbocycles. The minimum absolute atomic E-state index is 0.0353. The Labute approximate surface area is 157 Å². The summed E-state index contributed by atoms with van der Waals surface area (Å²) in [6, 6.07) is 9.10. The van der Waals surface area contributed by atoms with Gasteiger partial charge in [0, 0.05) is 31.0 Å². The molecule has 0 atom stereocenters. The maximum absolute atomic E-state index is 12.1. The van der Waals surface area contributed by atoms with Crippen molar-refractivity contribution in [2.45, 2.75) is 12.8 Å². The molecule has 6 nitrogen and oxygen atoms in total. The number of rotatable bonds is 10. The van der Waals surface area contributed by atoms with E-state index in [1.807, 2.05) is 29.6 Å². The van der Waals surface area contributed by atoms with Gasteiger partial charge in [-0.3, -0.25) is 9.59 Å². The van der Waals surface area contributed by atoms with Gasteiger partial charge in [0.05, 0.1) is 13.7 Å². The summed E-state index contributed by atoms with van der Waals surface area (Å²) in [5, 5.41) is 6.48. The topological polar surface area (TPSA) is 67.9 Å². The lowest BCUT2D eigenvalue weighted by atomic mass is 10.2. The Morgan fingerprint density at radius 1 is 1.15 bits per heavy atom. The molecule has 1 N–H and O–H groups in total. The molecule has 0 radical (unpaired) electrons. The van der Waals surface area contributed by atoms with Crippen LogP contribution < -0.4 is 14.8 Å². The van der Waals surface area contributed by atoms with Gasteiger partial charge in [-0.2, -0.15) is 11.3 Å². The van der Waals surface area contributed by atoms with Crippen LogP contribution in [0.15, 0.2) is 41.1 Å². The van der Waals surface area contributed by atoms with Crippen molar-refractivity contribution in [1.82, 2.24) is 10.2 Å². The summed E-state index contributed by atoms with van der Waals surface area (Å²) in [7, 11) is 3.37. The zero-order valence-corrected chi connectivity index (χ0v) is 15.9. The highest BCUT2D eigenvalue weighted by Gasteiger charge is 2.09. The molecule has 1 heterocycles. The molecule has 2 amide bonds. The lowest BCUT2D eigenvalue weighted by Gasteiger charge is -2.17. The van der Waals surface area contributed by atoms with E-state index in [-0.39, 0.29) is 11.8 Å². The summed E-state index contributed by atoms with van der Waals surface area (Å²) in [6.07, 6.45) is 1.00. The molecule has 0 fully saturated rings. The number of likely N-dealkylation sites (N-methyl/N-ethyl adjacent to an activating group) is 1. The Morgan fingerprint density at radius 3 is 2.54 bits per heavy atom. The van der Waals surface area contributed by atoms with Crippen molar-refractivity contribution in [1.29, 1.82) is 0 Å². The van der Waals surface area contributed by atoms with Crippen LogP contribution in [0.2, 0.25) is 0 Å². The van der Waals surface area contributed by atoms with Gasteiger partial charge in [0.2, 0.25) is 5.91 Å². The Hall–Kier alpha value is -2.54. The Morgan fingerprint density at radius 2 is 1.88 bits per heavy atom. The van der Waals surface area contributed by atoms with Gasteiger partial charge in [-0.25, -0.2) is 0 Å². The lowest BCUT2D eigenvalue weighted by molar-refractivity contribution is -0.130. The van der Waals surface area contributed by atoms with E-state index in [4.69, 9.17) is 9.47 Å². The second kappa shape index (κ2) is 10.5. The highest BCUT2D eigenvalue weighted by Crippen LogP contribution is 2.16. The summed E-state index contributed by atoms with van der Waals surface area (Å²) in [6.45, 7) is 1.41. The summed E-state index contributed by atoms with van der Waals surface area (Å²) in [5.74, 6) is 1.45. The van der Waals surface area contributed by atoms with E-state index in [1.54, 1.807) is 30.5 Å². The molecule has 0 bridgehead atoms. The van der Waals surface area contributed by atoms with Crippen LogP contribution in [0.25, 0.3) is 0 Å². The fourth-order valence-electron chi connectivity index (χ4n) is 2.23. The van der Waals surface area contributed by atoms with E-state index >= 15 is 0 Å². The van der Waals surface area contributed by atoms with Gasteiger partial charge < -0.3 is 19.7 Å². The Bertz CT molecular complexity index is 686. The first-order valence-corrected chi connectivity index (χ1v) is 9.35. The molecule has 0 spiro atoms. The summed E-state index contributed by atoms with van der Waals surface area (Å²) < 4.78 is 10.7. The third-order valence-electron chi connectivity index (χ3n) is 3.82. The predicted molar refractivity (Wildman–Crippen MR) is 102 cm³/mol. The molecule has 26 heavy (non-hydrogen) atoms. The summed E-state index contributed by atoms with van der Waals surface area (Å²) in [5.41, 5.74) is 0.661. The highest BCUT2D eigenvalue weighted by molar-refractivity contribution is 7.08. The number of nitrogens with zero attached hydrogens (tertiary/aromatic N) is 1. The molecule has 0 saturated heterocycles. The molecule has 0 aliphatic heterocycles. The Kier molecular flexibility index (Phi) is 7.95. The zero-order valence-electron chi connectivity index (χ0n) is 15.1. The van der Waals surface area contributed by atoms with Gasteiger partial charge >= 0.3 is 0 Å². The molecule has 0 aliphatic rings. The van der Waals surface area contributed by atoms with Crippen molar-refractivity contribution in [2.24, 2.45) is 0 Å². The average Bonchev–Trinajstić information content (AvgIpc) is 3.20. The van der Waals surface area contributed by atoms with Crippen molar-refractivity contribution < 1.29 is 19.1 Å². The summed E-state index contributed by atoms with van der Waals surface area (Å²) >= 11 is 1.48. The van der Waals surface area contributed by atoms with Crippen LogP contribution in [0.1, 0.15) is 23.2 Å².